The SMILES string of the molecule is Cc1ccc(N(Cc2cccnc2)C(=O)CCN)cc1. The zero-order chi connectivity index (χ0) is 14.4. The summed E-state index contributed by atoms with van der Waals surface area (Å²) in [5.74, 6) is 0.0280. The lowest BCUT2D eigenvalue weighted by Crippen LogP contribution is -2.31. The van der Waals surface area contributed by atoms with Crippen molar-refractivity contribution in [3.63, 3.8) is 0 Å². The quantitative estimate of drug-likeness (QED) is 0.905. The zero-order valence-corrected chi connectivity index (χ0v) is 11.6. The molecule has 1 heterocycles. The van der Waals surface area contributed by atoms with Gasteiger partial charge in [0.2, 0.25) is 5.91 Å². The van der Waals surface area contributed by atoms with Gasteiger partial charge < -0.3 is 10.6 Å². The van der Waals surface area contributed by atoms with Gasteiger partial charge in [0.1, 0.15) is 0 Å². The highest BCUT2D eigenvalue weighted by atomic mass is 16.2. The van der Waals surface area contributed by atoms with Crippen molar-refractivity contribution in [3.05, 3.63) is 59.9 Å². The third-order valence-corrected chi connectivity index (χ3v) is 3.07. The van der Waals surface area contributed by atoms with Crippen molar-refractivity contribution in [1.82, 2.24) is 4.98 Å². The van der Waals surface area contributed by atoms with Crippen LogP contribution in [0.25, 0.3) is 0 Å². The van der Waals surface area contributed by atoms with Gasteiger partial charge in [0.15, 0.2) is 0 Å². The van der Waals surface area contributed by atoms with E-state index in [2.05, 4.69) is 4.98 Å². The zero-order valence-electron chi connectivity index (χ0n) is 11.6. The number of amides is 1. The second kappa shape index (κ2) is 6.82. The Hall–Kier alpha value is -2.20. The van der Waals surface area contributed by atoms with Crippen molar-refractivity contribution in [2.24, 2.45) is 5.73 Å². The Kier molecular flexibility index (Phi) is 4.85. The number of carbonyl (C=O) groups excluding carboxylic acids is 1. The van der Waals surface area contributed by atoms with Crippen LogP contribution < -0.4 is 10.6 Å². The number of hydrogen-bond acceptors (Lipinski definition) is 3. The first kappa shape index (κ1) is 14.2. The summed E-state index contributed by atoms with van der Waals surface area (Å²) in [6, 6.07) is 11.8. The minimum absolute atomic E-state index is 0.0280. The number of aromatic nitrogens is 1. The van der Waals surface area contributed by atoms with Crippen molar-refractivity contribution in [2.45, 2.75) is 19.9 Å². The number of rotatable bonds is 5. The molecule has 20 heavy (non-hydrogen) atoms. The van der Waals surface area contributed by atoms with E-state index in [1.54, 1.807) is 17.3 Å². The molecule has 0 radical (unpaired) electrons. The number of aryl methyl sites for hydroxylation is 1. The Morgan fingerprint density at radius 2 is 2.00 bits per heavy atom. The molecule has 1 aromatic carbocycles. The molecule has 0 bridgehead atoms. The Bertz CT molecular complexity index is 552. The van der Waals surface area contributed by atoms with Crippen molar-refractivity contribution < 1.29 is 4.79 Å². The summed E-state index contributed by atoms with van der Waals surface area (Å²) in [5.41, 5.74) is 8.56. The molecule has 2 rings (SSSR count). The van der Waals surface area contributed by atoms with Crippen LogP contribution in [-0.4, -0.2) is 17.4 Å². The summed E-state index contributed by atoms with van der Waals surface area (Å²) in [6.45, 7) is 2.89. The number of carbonyl (C=O) groups is 1. The highest BCUT2D eigenvalue weighted by Crippen LogP contribution is 2.18. The van der Waals surface area contributed by atoms with Crippen LogP contribution in [0.2, 0.25) is 0 Å². The van der Waals surface area contributed by atoms with E-state index in [1.165, 1.54) is 5.56 Å². The molecule has 0 atom stereocenters. The molecule has 1 aromatic heterocycles. The molecule has 104 valence electrons. The van der Waals surface area contributed by atoms with Crippen LogP contribution >= 0.6 is 0 Å². The summed E-state index contributed by atoms with van der Waals surface area (Å²) >= 11 is 0. The van der Waals surface area contributed by atoms with Gasteiger partial charge in [0.05, 0.1) is 6.54 Å². The van der Waals surface area contributed by atoms with E-state index in [0.717, 1.165) is 11.3 Å². The van der Waals surface area contributed by atoms with E-state index in [9.17, 15) is 4.79 Å². The van der Waals surface area contributed by atoms with E-state index in [1.807, 2.05) is 43.3 Å². The molecule has 0 aliphatic heterocycles. The van der Waals surface area contributed by atoms with Crippen molar-refractivity contribution in [2.75, 3.05) is 11.4 Å². The third-order valence-electron chi connectivity index (χ3n) is 3.07. The highest BCUT2D eigenvalue weighted by Gasteiger charge is 2.15. The Balaban J connectivity index is 2.25. The monoisotopic (exact) mass is 269 g/mol. The van der Waals surface area contributed by atoms with Gasteiger partial charge in [-0.2, -0.15) is 0 Å². The van der Waals surface area contributed by atoms with E-state index in [0.29, 0.717) is 19.5 Å². The van der Waals surface area contributed by atoms with Crippen LogP contribution in [0.5, 0.6) is 0 Å². The third kappa shape index (κ3) is 3.65. The summed E-state index contributed by atoms with van der Waals surface area (Å²) in [6.07, 6.45) is 3.84. The van der Waals surface area contributed by atoms with Gasteiger partial charge in [-0.05, 0) is 30.7 Å². The second-order valence-corrected chi connectivity index (χ2v) is 4.72. The fraction of sp³-hybridized carbons (Fsp3) is 0.250. The number of nitrogens with zero attached hydrogens (tertiary/aromatic N) is 2. The van der Waals surface area contributed by atoms with Gasteiger partial charge in [-0.1, -0.05) is 23.8 Å². The number of nitrogens with two attached hydrogens (primary N) is 1. The minimum atomic E-state index is 0.0280. The summed E-state index contributed by atoms with van der Waals surface area (Å²) in [5, 5.41) is 0. The predicted molar refractivity (Wildman–Crippen MR) is 80.3 cm³/mol. The first-order chi connectivity index (χ1) is 9.70. The summed E-state index contributed by atoms with van der Waals surface area (Å²) in [7, 11) is 0. The first-order valence-electron chi connectivity index (χ1n) is 6.66. The maximum atomic E-state index is 12.3. The number of pyridine rings is 1. The fourth-order valence-electron chi connectivity index (χ4n) is 1.98. The lowest BCUT2D eigenvalue weighted by Gasteiger charge is -2.23. The topological polar surface area (TPSA) is 59.2 Å². The maximum Gasteiger partial charge on any atom is 0.228 e. The molecular formula is C16H19N3O. The normalized spacial score (nSPS) is 10.3. The van der Waals surface area contributed by atoms with Gasteiger partial charge in [0, 0.05) is 31.0 Å². The van der Waals surface area contributed by atoms with Crippen LogP contribution in [0.15, 0.2) is 48.8 Å². The van der Waals surface area contributed by atoms with E-state index >= 15 is 0 Å². The van der Waals surface area contributed by atoms with Crippen LogP contribution in [-0.2, 0) is 11.3 Å². The van der Waals surface area contributed by atoms with Crippen molar-refractivity contribution in [1.29, 1.82) is 0 Å². The van der Waals surface area contributed by atoms with Crippen LogP contribution in [0.4, 0.5) is 5.69 Å². The lowest BCUT2D eigenvalue weighted by molar-refractivity contribution is -0.118. The van der Waals surface area contributed by atoms with Gasteiger partial charge in [-0.3, -0.25) is 9.78 Å². The molecule has 2 N–H and O–H groups in total. The van der Waals surface area contributed by atoms with Crippen LogP contribution in [0, 0.1) is 6.92 Å². The van der Waals surface area contributed by atoms with E-state index in [-0.39, 0.29) is 5.91 Å². The molecule has 4 nitrogen and oxygen atoms in total. The van der Waals surface area contributed by atoms with Gasteiger partial charge in [-0.25, -0.2) is 0 Å². The molecule has 0 saturated carbocycles. The van der Waals surface area contributed by atoms with E-state index < -0.39 is 0 Å². The Morgan fingerprint density at radius 3 is 2.60 bits per heavy atom. The molecule has 4 heteroatoms. The van der Waals surface area contributed by atoms with Gasteiger partial charge >= 0.3 is 0 Å². The molecule has 0 aliphatic carbocycles. The molecule has 0 fully saturated rings. The first-order valence-corrected chi connectivity index (χ1v) is 6.66. The molecular weight excluding hydrogens is 250 g/mol. The standard InChI is InChI=1S/C16H19N3O/c1-13-4-6-15(7-5-13)19(16(20)8-9-17)12-14-3-2-10-18-11-14/h2-7,10-11H,8-9,12,17H2,1H3. The highest BCUT2D eigenvalue weighted by molar-refractivity contribution is 5.93. The van der Waals surface area contributed by atoms with Crippen LogP contribution in [0.1, 0.15) is 17.5 Å². The van der Waals surface area contributed by atoms with Crippen molar-refractivity contribution >= 4 is 11.6 Å². The summed E-state index contributed by atoms with van der Waals surface area (Å²) in [4.78, 5) is 18.1. The van der Waals surface area contributed by atoms with Gasteiger partial charge in [-0.15, -0.1) is 0 Å². The van der Waals surface area contributed by atoms with Gasteiger partial charge in [0.25, 0.3) is 0 Å². The Morgan fingerprint density at radius 1 is 1.25 bits per heavy atom. The number of anilines is 1. The molecule has 0 spiro atoms. The fourth-order valence-corrected chi connectivity index (χ4v) is 1.98. The number of benzene rings is 1. The molecule has 2 aromatic rings. The maximum absolute atomic E-state index is 12.3. The molecule has 0 unspecified atom stereocenters. The smallest absolute Gasteiger partial charge is 0.228 e. The predicted octanol–water partition coefficient (Wildman–Crippen LogP) is 2.27. The van der Waals surface area contributed by atoms with E-state index in [4.69, 9.17) is 5.73 Å². The second-order valence-electron chi connectivity index (χ2n) is 4.72. The molecule has 0 saturated heterocycles. The minimum Gasteiger partial charge on any atom is -0.330 e. The largest absolute Gasteiger partial charge is 0.330 e. The van der Waals surface area contributed by atoms with Crippen LogP contribution in [0.3, 0.4) is 0 Å². The molecule has 0 aliphatic rings. The van der Waals surface area contributed by atoms with Crippen molar-refractivity contribution in [3.8, 4) is 0 Å². The average molecular weight is 269 g/mol. The molecule has 1 amide bonds. The summed E-state index contributed by atoms with van der Waals surface area (Å²) < 4.78 is 0. The number of hydrogen-bond donors (Lipinski definition) is 1. The lowest BCUT2D eigenvalue weighted by atomic mass is 10.2. The Labute approximate surface area is 119 Å². The average Bonchev–Trinajstić information content (AvgIpc) is 2.47.